The van der Waals surface area contributed by atoms with E-state index in [0.717, 1.165) is 17.1 Å². The lowest BCUT2D eigenvalue weighted by Crippen LogP contribution is -2.04. The molecule has 0 spiro atoms. The van der Waals surface area contributed by atoms with E-state index in [4.69, 9.17) is 0 Å². The average Bonchev–Trinajstić information content (AvgIpc) is 2.99. The second-order valence-corrected chi connectivity index (χ2v) is 5.56. The third-order valence-electron chi connectivity index (χ3n) is 4.06. The van der Waals surface area contributed by atoms with E-state index in [0.29, 0.717) is 6.54 Å². The largest absolute Gasteiger partial charge is 0.329 e. The van der Waals surface area contributed by atoms with Crippen molar-refractivity contribution in [3.05, 3.63) is 78.6 Å². The highest BCUT2D eigenvalue weighted by Crippen LogP contribution is 2.28. The Hall–Kier alpha value is -3.01. The number of nitrogens with zero attached hydrogens (tertiary/aromatic N) is 4. The van der Waals surface area contributed by atoms with Crippen LogP contribution < -0.4 is 0 Å². The highest BCUT2D eigenvalue weighted by molar-refractivity contribution is 5.96. The summed E-state index contributed by atoms with van der Waals surface area (Å²) in [5.74, 6) is 0.974. The Bertz CT molecular complexity index is 966. The van der Waals surface area contributed by atoms with Crippen molar-refractivity contribution < 1.29 is 0 Å². The van der Waals surface area contributed by atoms with Gasteiger partial charge >= 0.3 is 0 Å². The molecule has 0 fully saturated rings. The summed E-state index contributed by atoms with van der Waals surface area (Å²) in [6, 6.07) is 16.8. The van der Waals surface area contributed by atoms with E-state index in [1.807, 2.05) is 19.3 Å². The maximum absolute atomic E-state index is 4.26. The first-order valence-electron chi connectivity index (χ1n) is 7.59. The standard InChI is InChI=1S/C19H16N4/c1-14-20-9-10-23(14)13-17-11-16(12-21-22-17)19-8-4-6-15-5-2-3-7-18(15)19/h2-12H,13H2,1H3. The quantitative estimate of drug-likeness (QED) is 0.577. The molecule has 2 aromatic carbocycles. The van der Waals surface area contributed by atoms with Gasteiger partial charge in [-0.15, -0.1) is 0 Å². The lowest BCUT2D eigenvalue weighted by Gasteiger charge is -2.08. The summed E-state index contributed by atoms with van der Waals surface area (Å²) in [5.41, 5.74) is 3.20. The molecule has 2 aromatic heterocycles. The number of fused-ring (bicyclic) bond motifs is 1. The van der Waals surface area contributed by atoms with Crippen LogP contribution in [0.4, 0.5) is 0 Å². The first kappa shape index (κ1) is 13.6. The molecule has 0 amide bonds. The van der Waals surface area contributed by atoms with Crippen molar-refractivity contribution in [3.63, 3.8) is 0 Å². The van der Waals surface area contributed by atoms with Gasteiger partial charge in [0, 0.05) is 18.0 Å². The molecule has 0 N–H and O–H groups in total. The van der Waals surface area contributed by atoms with Crippen molar-refractivity contribution >= 4 is 10.8 Å². The molecule has 23 heavy (non-hydrogen) atoms. The van der Waals surface area contributed by atoms with Crippen molar-refractivity contribution in [3.8, 4) is 11.1 Å². The van der Waals surface area contributed by atoms with Crippen LogP contribution in [0, 0.1) is 6.92 Å². The minimum absolute atomic E-state index is 0.678. The van der Waals surface area contributed by atoms with E-state index in [1.54, 1.807) is 6.20 Å². The summed E-state index contributed by atoms with van der Waals surface area (Å²) in [7, 11) is 0. The molecular weight excluding hydrogens is 284 g/mol. The van der Waals surface area contributed by atoms with E-state index < -0.39 is 0 Å². The molecule has 2 heterocycles. The summed E-state index contributed by atoms with van der Waals surface area (Å²) in [6.45, 7) is 2.67. The van der Waals surface area contributed by atoms with Crippen LogP contribution in [0.1, 0.15) is 11.5 Å². The molecule has 4 nitrogen and oxygen atoms in total. The number of aromatic nitrogens is 4. The van der Waals surface area contributed by atoms with E-state index in [1.165, 1.54) is 16.3 Å². The van der Waals surface area contributed by atoms with Gasteiger partial charge in [-0.3, -0.25) is 0 Å². The van der Waals surface area contributed by atoms with Crippen LogP contribution in [-0.4, -0.2) is 19.7 Å². The van der Waals surface area contributed by atoms with Gasteiger partial charge in [0.15, 0.2) is 0 Å². The first-order chi connectivity index (χ1) is 11.3. The Morgan fingerprint density at radius 1 is 1.04 bits per heavy atom. The lowest BCUT2D eigenvalue weighted by atomic mass is 9.99. The molecule has 0 saturated heterocycles. The van der Waals surface area contributed by atoms with E-state index in [9.17, 15) is 0 Å². The Morgan fingerprint density at radius 3 is 2.78 bits per heavy atom. The second-order valence-electron chi connectivity index (χ2n) is 5.56. The van der Waals surface area contributed by atoms with E-state index in [2.05, 4.69) is 68.3 Å². The number of hydrogen-bond acceptors (Lipinski definition) is 3. The molecule has 0 atom stereocenters. The van der Waals surface area contributed by atoms with Gasteiger partial charge in [-0.05, 0) is 29.3 Å². The normalized spacial score (nSPS) is 11.0. The monoisotopic (exact) mass is 300 g/mol. The Morgan fingerprint density at radius 2 is 1.91 bits per heavy atom. The van der Waals surface area contributed by atoms with E-state index in [-0.39, 0.29) is 0 Å². The molecule has 4 heteroatoms. The van der Waals surface area contributed by atoms with Gasteiger partial charge in [-0.2, -0.15) is 10.2 Å². The molecule has 112 valence electrons. The Labute approximate surface area is 134 Å². The zero-order valence-electron chi connectivity index (χ0n) is 12.8. The van der Waals surface area contributed by atoms with Crippen molar-refractivity contribution in [1.82, 2.24) is 19.7 Å². The van der Waals surface area contributed by atoms with Crippen LogP contribution in [0.5, 0.6) is 0 Å². The Balaban J connectivity index is 1.77. The molecule has 0 aliphatic rings. The second kappa shape index (κ2) is 5.65. The van der Waals surface area contributed by atoms with E-state index >= 15 is 0 Å². The molecule has 0 unspecified atom stereocenters. The molecule has 4 aromatic rings. The SMILES string of the molecule is Cc1nccn1Cc1cc(-c2cccc3ccccc23)cnn1. The summed E-state index contributed by atoms with van der Waals surface area (Å²) in [4.78, 5) is 4.25. The zero-order valence-corrected chi connectivity index (χ0v) is 12.8. The van der Waals surface area contributed by atoms with Gasteiger partial charge < -0.3 is 4.57 Å². The van der Waals surface area contributed by atoms with Crippen molar-refractivity contribution in [2.45, 2.75) is 13.5 Å². The van der Waals surface area contributed by atoms with Gasteiger partial charge in [-0.25, -0.2) is 4.98 Å². The number of benzene rings is 2. The fourth-order valence-corrected chi connectivity index (χ4v) is 2.86. The molecule has 0 saturated carbocycles. The maximum Gasteiger partial charge on any atom is 0.105 e. The summed E-state index contributed by atoms with van der Waals surface area (Å²) < 4.78 is 2.07. The van der Waals surface area contributed by atoms with Crippen LogP contribution in [0.2, 0.25) is 0 Å². The highest BCUT2D eigenvalue weighted by atomic mass is 15.1. The van der Waals surface area contributed by atoms with Gasteiger partial charge in [0.1, 0.15) is 5.82 Å². The minimum atomic E-state index is 0.678. The Kier molecular flexibility index (Phi) is 3.35. The fraction of sp³-hybridized carbons (Fsp3) is 0.105. The van der Waals surface area contributed by atoms with Crippen molar-refractivity contribution in [2.75, 3.05) is 0 Å². The third-order valence-corrected chi connectivity index (χ3v) is 4.06. The predicted molar refractivity (Wildman–Crippen MR) is 91.0 cm³/mol. The van der Waals surface area contributed by atoms with Gasteiger partial charge in [-0.1, -0.05) is 42.5 Å². The highest BCUT2D eigenvalue weighted by Gasteiger charge is 2.07. The van der Waals surface area contributed by atoms with Crippen molar-refractivity contribution in [2.24, 2.45) is 0 Å². The fourth-order valence-electron chi connectivity index (χ4n) is 2.86. The number of hydrogen-bond donors (Lipinski definition) is 0. The topological polar surface area (TPSA) is 43.6 Å². The smallest absolute Gasteiger partial charge is 0.105 e. The molecule has 0 aliphatic carbocycles. The first-order valence-corrected chi connectivity index (χ1v) is 7.59. The minimum Gasteiger partial charge on any atom is -0.329 e. The molecule has 0 radical (unpaired) electrons. The van der Waals surface area contributed by atoms with Crippen LogP contribution in [0.15, 0.2) is 67.1 Å². The molecule has 4 rings (SSSR count). The molecular formula is C19H16N4. The van der Waals surface area contributed by atoms with Gasteiger partial charge in [0.2, 0.25) is 0 Å². The van der Waals surface area contributed by atoms with Gasteiger partial charge in [0.25, 0.3) is 0 Å². The number of aryl methyl sites for hydroxylation is 1. The summed E-state index contributed by atoms with van der Waals surface area (Å²) in [5, 5.41) is 10.9. The third kappa shape index (κ3) is 2.59. The van der Waals surface area contributed by atoms with Crippen LogP contribution in [-0.2, 0) is 6.54 Å². The predicted octanol–water partition coefficient (Wildman–Crippen LogP) is 3.85. The van der Waals surface area contributed by atoms with Crippen LogP contribution >= 0.6 is 0 Å². The molecule has 0 bridgehead atoms. The molecule has 0 aliphatic heterocycles. The number of rotatable bonds is 3. The van der Waals surface area contributed by atoms with Crippen LogP contribution in [0.3, 0.4) is 0 Å². The lowest BCUT2D eigenvalue weighted by molar-refractivity contribution is 0.727. The zero-order chi connectivity index (χ0) is 15.6. The van der Waals surface area contributed by atoms with Crippen LogP contribution in [0.25, 0.3) is 21.9 Å². The number of imidazole rings is 1. The maximum atomic E-state index is 4.26. The summed E-state index contributed by atoms with van der Waals surface area (Å²) >= 11 is 0. The van der Waals surface area contributed by atoms with Gasteiger partial charge in [0.05, 0.1) is 18.4 Å². The van der Waals surface area contributed by atoms with Crippen molar-refractivity contribution in [1.29, 1.82) is 0 Å². The summed E-state index contributed by atoms with van der Waals surface area (Å²) in [6.07, 6.45) is 5.59. The average molecular weight is 300 g/mol.